The van der Waals surface area contributed by atoms with Crippen molar-refractivity contribution in [2.24, 2.45) is 4.99 Å². The van der Waals surface area contributed by atoms with Crippen LogP contribution in [0.5, 0.6) is 0 Å². The Morgan fingerprint density at radius 2 is 1.88 bits per heavy atom. The van der Waals surface area contributed by atoms with E-state index in [1.54, 1.807) is 7.05 Å². The molecule has 0 aliphatic carbocycles. The van der Waals surface area contributed by atoms with Crippen molar-refractivity contribution in [1.82, 2.24) is 10.2 Å². The van der Waals surface area contributed by atoms with E-state index in [2.05, 4.69) is 15.2 Å². The summed E-state index contributed by atoms with van der Waals surface area (Å²) in [5.41, 5.74) is 0.639. The van der Waals surface area contributed by atoms with E-state index in [-0.39, 0.29) is 24.0 Å². The van der Waals surface area contributed by atoms with Gasteiger partial charge in [-0.25, -0.2) is 8.78 Å². The van der Waals surface area contributed by atoms with Crippen molar-refractivity contribution >= 4 is 29.9 Å². The van der Waals surface area contributed by atoms with Gasteiger partial charge in [-0.15, -0.1) is 24.0 Å². The first-order valence-electron chi connectivity index (χ1n) is 8.14. The van der Waals surface area contributed by atoms with Gasteiger partial charge in [0.1, 0.15) is 11.6 Å². The number of halogens is 3. The van der Waals surface area contributed by atoms with Gasteiger partial charge in [0.05, 0.1) is 6.10 Å². The minimum atomic E-state index is -0.539. The molecule has 1 aliphatic rings. The highest BCUT2D eigenvalue weighted by Crippen LogP contribution is 2.14. The molecule has 1 fully saturated rings. The van der Waals surface area contributed by atoms with E-state index < -0.39 is 11.6 Å². The fourth-order valence-electron chi connectivity index (χ4n) is 2.88. The first kappa shape index (κ1) is 21.1. The van der Waals surface area contributed by atoms with Crippen molar-refractivity contribution in [3.05, 3.63) is 35.4 Å². The van der Waals surface area contributed by atoms with Crippen molar-refractivity contribution in [3.8, 4) is 0 Å². The van der Waals surface area contributed by atoms with E-state index >= 15 is 0 Å². The van der Waals surface area contributed by atoms with E-state index in [0.29, 0.717) is 24.6 Å². The van der Waals surface area contributed by atoms with Crippen LogP contribution in [0, 0.1) is 11.6 Å². The third-order valence-corrected chi connectivity index (χ3v) is 3.97. The standard InChI is InChI=1S/C17H25F2N3O.HI/c1-3-23-16-5-8-22(9-6-16)17(20-2)21-7-4-13-10-14(18)12-15(19)11-13;/h10-12,16H,3-9H2,1-2H3,(H,20,21);1H. The monoisotopic (exact) mass is 453 g/mol. The zero-order chi connectivity index (χ0) is 16.7. The number of guanidine groups is 1. The molecule has 24 heavy (non-hydrogen) atoms. The second-order valence-electron chi connectivity index (χ2n) is 5.64. The quantitative estimate of drug-likeness (QED) is 0.423. The van der Waals surface area contributed by atoms with E-state index in [0.717, 1.165) is 44.6 Å². The first-order chi connectivity index (χ1) is 11.1. The molecule has 0 unspecified atom stereocenters. The van der Waals surface area contributed by atoms with Crippen molar-refractivity contribution < 1.29 is 13.5 Å². The molecule has 136 valence electrons. The van der Waals surface area contributed by atoms with Crippen LogP contribution < -0.4 is 5.32 Å². The van der Waals surface area contributed by atoms with Crippen LogP contribution in [0.15, 0.2) is 23.2 Å². The topological polar surface area (TPSA) is 36.9 Å². The van der Waals surface area contributed by atoms with Gasteiger partial charge in [-0.3, -0.25) is 4.99 Å². The molecule has 1 heterocycles. The summed E-state index contributed by atoms with van der Waals surface area (Å²) in [4.78, 5) is 6.49. The Bertz CT molecular complexity index is 514. The average molecular weight is 453 g/mol. The SMILES string of the molecule is CCOC1CCN(C(=NC)NCCc2cc(F)cc(F)c2)CC1.I. The number of hydrogen-bond acceptors (Lipinski definition) is 2. The lowest BCUT2D eigenvalue weighted by atomic mass is 10.1. The third-order valence-electron chi connectivity index (χ3n) is 3.97. The molecule has 2 rings (SSSR count). The Labute approximate surface area is 159 Å². The third kappa shape index (κ3) is 6.51. The molecule has 0 saturated carbocycles. The van der Waals surface area contributed by atoms with Gasteiger partial charge < -0.3 is 15.0 Å². The number of aliphatic imine (C=N–C) groups is 1. The van der Waals surface area contributed by atoms with Crippen molar-refractivity contribution in [1.29, 1.82) is 0 Å². The molecule has 1 aromatic rings. The summed E-state index contributed by atoms with van der Waals surface area (Å²) in [6, 6.07) is 3.61. The largest absolute Gasteiger partial charge is 0.378 e. The molecule has 0 spiro atoms. The van der Waals surface area contributed by atoms with E-state index in [9.17, 15) is 8.78 Å². The van der Waals surface area contributed by atoms with Crippen LogP contribution in [0.3, 0.4) is 0 Å². The molecule has 4 nitrogen and oxygen atoms in total. The number of ether oxygens (including phenoxy) is 1. The van der Waals surface area contributed by atoms with Gasteiger partial charge in [-0.1, -0.05) is 0 Å². The molecule has 1 saturated heterocycles. The molecular weight excluding hydrogens is 427 g/mol. The maximum absolute atomic E-state index is 13.2. The molecule has 0 aromatic heterocycles. The molecular formula is C17H26F2IN3O. The highest BCUT2D eigenvalue weighted by Gasteiger charge is 2.21. The predicted molar refractivity (Wildman–Crippen MR) is 103 cm³/mol. The fourth-order valence-corrected chi connectivity index (χ4v) is 2.88. The number of benzene rings is 1. The molecule has 1 aromatic carbocycles. The van der Waals surface area contributed by atoms with Crippen LogP contribution in [0.1, 0.15) is 25.3 Å². The van der Waals surface area contributed by atoms with Gasteiger partial charge in [-0.05, 0) is 43.9 Å². The van der Waals surface area contributed by atoms with Gasteiger partial charge in [0, 0.05) is 39.4 Å². The van der Waals surface area contributed by atoms with Crippen LogP contribution in [-0.2, 0) is 11.2 Å². The molecule has 0 radical (unpaired) electrons. The van der Waals surface area contributed by atoms with E-state index in [1.807, 2.05) is 6.92 Å². The highest BCUT2D eigenvalue weighted by atomic mass is 127. The van der Waals surface area contributed by atoms with Gasteiger partial charge in [0.25, 0.3) is 0 Å². The normalized spacial score (nSPS) is 16.0. The van der Waals surface area contributed by atoms with Gasteiger partial charge in [0.2, 0.25) is 0 Å². The minimum Gasteiger partial charge on any atom is -0.378 e. The lowest BCUT2D eigenvalue weighted by molar-refractivity contribution is 0.0264. The molecule has 1 N–H and O–H groups in total. The minimum absolute atomic E-state index is 0. The van der Waals surface area contributed by atoms with Gasteiger partial charge in [-0.2, -0.15) is 0 Å². The molecule has 1 aliphatic heterocycles. The highest BCUT2D eigenvalue weighted by molar-refractivity contribution is 14.0. The maximum atomic E-state index is 13.2. The predicted octanol–water partition coefficient (Wildman–Crippen LogP) is 3.20. The van der Waals surface area contributed by atoms with Crippen LogP contribution in [0.4, 0.5) is 8.78 Å². The second-order valence-corrected chi connectivity index (χ2v) is 5.64. The number of nitrogens with zero attached hydrogens (tertiary/aromatic N) is 2. The van der Waals surface area contributed by atoms with Crippen LogP contribution in [-0.4, -0.2) is 50.3 Å². The van der Waals surface area contributed by atoms with Crippen LogP contribution >= 0.6 is 24.0 Å². The number of likely N-dealkylation sites (tertiary alicyclic amines) is 1. The fraction of sp³-hybridized carbons (Fsp3) is 0.588. The maximum Gasteiger partial charge on any atom is 0.193 e. The Balaban J connectivity index is 0.00000288. The molecule has 7 heteroatoms. The number of nitrogens with one attached hydrogen (secondary N) is 1. The van der Waals surface area contributed by atoms with Gasteiger partial charge in [0.15, 0.2) is 5.96 Å². The van der Waals surface area contributed by atoms with Crippen molar-refractivity contribution in [3.63, 3.8) is 0 Å². The summed E-state index contributed by atoms with van der Waals surface area (Å²) in [6.45, 7) is 5.16. The number of hydrogen-bond donors (Lipinski definition) is 1. The van der Waals surface area contributed by atoms with Gasteiger partial charge >= 0.3 is 0 Å². The summed E-state index contributed by atoms with van der Waals surface area (Å²) < 4.78 is 32.0. The lowest BCUT2D eigenvalue weighted by Gasteiger charge is -2.34. The Morgan fingerprint density at radius 1 is 1.25 bits per heavy atom. The summed E-state index contributed by atoms with van der Waals surface area (Å²) in [6.07, 6.45) is 2.86. The molecule has 0 atom stereocenters. The summed E-state index contributed by atoms with van der Waals surface area (Å²) in [7, 11) is 1.75. The first-order valence-corrected chi connectivity index (χ1v) is 8.14. The zero-order valence-electron chi connectivity index (χ0n) is 14.2. The van der Waals surface area contributed by atoms with E-state index in [1.165, 1.54) is 12.1 Å². The van der Waals surface area contributed by atoms with Crippen molar-refractivity contribution in [2.75, 3.05) is 33.3 Å². The second kappa shape index (κ2) is 10.8. The Kier molecular flexibility index (Phi) is 9.50. The molecule has 0 bridgehead atoms. The van der Waals surface area contributed by atoms with Crippen LogP contribution in [0.25, 0.3) is 0 Å². The number of rotatable bonds is 5. The molecule has 0 amide bonds. The zero-order valence-corrected chi connectivity index (χ0v) is 16.6. The smallest absolute Gasteiger partial charge is 0.193 e. The Hall–Kier alpha value is -0.960. The Morgan fingerprint density at radius 3 is 2.42 bits per heavy atom. The summed E-state index contributed by atoms with van der Waals surface area (Å²) >= 11 is 0. The van der Waals surface area contributed by atoms with Crippen molar-refractivity contribution in [2.45, 2.75) is 32.3 Å². The average Bonchev–Trinajstić information content (AvgIpc) is 2.52. The van der Waals surface area contributed by atoms with Crippen LogP contribution in [0.2, 0.25) is 0 Å². The lowest BCUT2D eigenvalue weighted by Crippen LogP contribution is -2.47. The summed E-state index contributed by atoms with van der Waals surface area (Å²) in [5.74, 6) is -0.249. The number of piperidine rings is 1. The summed E-state index contributed by atoms with van der Waals surface area (Å²) in [5, 5.41) is 3.26. The van der Waals surface area contributed by atoms with E-state index in [4.69, 9.17) is 4.74 Å².